The van der Waals surface area contributed by atoms with Crippen molar-refractivity contribution >= 4 is 38.6 Å². The smallest absolute Gasteiger partial charge is 0.138 e. The molecule has 400 valence electrons. The average Bonchev–Trinajstić information content (AvgIpc) is 4.08. The van der Waals surface area contributed by atoms with Crippen LogP contribution in [0.2, 0.25) is 0 Å². The van der Waals surface area contributed by atoms with Crippen molar-refractivity contribution in [3.63, 3.8) is 0 Å². The summed E-state index contributed by atoms with van der Waals surface area (Å²) >= 11 is 1.74. The Hall–Kier alpha value is -7.67. The SMILES string of the molecule is CC(C)(C)c1ccc(-c2cc3c(-c4cc(-c5ccccc5)cc(N(c5cc(-c6cc(C(C)(C)C)cc(C(C)(C)C)c6)cc(-c6cc(C(C)(C)C)cc(C(C)(C)C)c6O)n5)c5ccccc5-c5ccccc5)c4)nncc3s2)cc1. The van der Waals surface area contributed by atoms with Crippen molar-refractivity contribution in [2.45, 2.75) is 131 Å². The number of anilines is 3. The fourth-order valence-corrected chi connectivity index (χ4v) is 11.4. The van der Waals surface area contributed by atoms with Crippen LogP contribution in [-0.2, 0) is 27.1 Å². The van der Waals surface area contributed by atoms with Crippen LogP contribution in [0.4, 0.5) is 17.2 Å². The Kier molecular flexibility index (Phi) is 14.2. The van der Waals surface area contributed by atoms with E-state index >= 15 is 0 Å². The predicted octanol–water partition coefficient (Wildman–Crippen LogP) is 20.8. The number of nitrogens with zero attached hydrogens (tertiary/aromatic N) is 4. The van der Waals surface area contributed by atoms with E-state index in [-0.39, 0.29) is 32.8 Å². The van der Waals surface area contributed by atoms with Gasteiger partial charge in [0.2, 0.25) is 0 Å². The van der Waals surface area contributed by atoms with Crippen LogP contribution in [0.15, 0.2) is 182 Å². The fraction of sp³-hybridized carbons (Fsp3) is 0.274. The highest BCUT2D eigenvalue weighted by molar-refractivity contribution is 7.22. The average molecular weight is 1060 g/mol. The molecule has 0 radical (unpaired) electrons. The van der Waals surface area contributed by atoms with Crippen LogP contribution >= 0.6 is 11.3 Å². The Balaban J connectivity index is 1.31. The lowest BCUT2D eigenvalue weighted by Crippen LogP contribution is -2.17. The summed E-state index contributed by atoms with van der Waals surface area (Å²) in [6, 6.07) is 63.8. The summed E-state index contributed by atoms with van der Waals surface area (Å²) in [4.78, 5) is 9.30. The third kappa shape index (κ3) is 11.5. The van der Waals surface area contributed by atoms with Crippen molar-refractivity contribution < 1.29 is 5.11 Å². The molecule has 0 atom stereocenters. The molecule has 0 aliphatic rings. The number of fused-ring (bicyclic) bond motifs is 1. The van der Waals surface area contributed by atoms with Gasteiger partial charge in [-0.1, -0.05) is 231 Å². The zero-order valence-corrected chi connectivity index (χ0v) is 49.8. The van der Waals surface area contributed by atoms with E-state index < -0.39 is 0 Å². The number of benzene rings is 7. The molecule has 0 bridgehead atoms. The highest BCUT2D eigenvalue weighted by atomic mass is 32.1. The molecule has 7 aromatic carbocycles. The molecule has 6 heteroatoms. The summed E-state index contributed by atoms with van der Waals surface area (Å²) in [5, 5.41) is 23.5. The minimum absolute atomic E-state index is 0.0527. The van der Waals surface area contributed by atoms with E-state index in [1.165, 1.54) is 22.3 Å². The second kappa shape index (κ2) is 20.5. The van der Waals surface area contributed by atoms with Crippen molar-refractivity contribution in [1.82, 2.24) is 15.2 Å². The second-order valence-corrected chi connectivity index (χ2v) is 27.7. The normalized spacial score (nSPS) is 12.5. The van der Waals surface area contributed by atoms with Crippen LogP contribution in [0, 0.1) is 0 Å². The molecule has 1 N–H and O–H groups in total. The number of phenolic OH excluding ortho intramolecular Hbond substituents is 1. The van der Waals surface area contributed by atoms with Gasteiger partial charge in [0.05, 0.1) is 22.3 Å². The highest BCUT2D eigenvalue weighted by Gasteiger charge is 2.29. The van der Waals surface area contributed by atoms with Crippen molar-refractivity contribution in [2.75, 3.05) is 4.90 Å². The van der Waals surface area contributed by atoms with E-state index in [4.69, 9.17) is 15.2 Å². The minimum Gasteiger partial charge on any atom is -0.507 e. The summed E-state index contributed by atoms with van der Waals surface area (Å²) in [5.41, 5.74) is 17.5. The van der Waals surface area contributed by atoms with E-state index in [0.29, 0.717) is 17.1 Å². The molecular formula is C73H76N4OS. The first-order valence-corrected chi connectivity index (χ1v) is 28.6. The lowest BCUT2D eigenvalue weighted by molar-refractivity contribution is 0.446. The van der Waals surface area contributed by atoms with Crippen molar-refractivity contribution in [2.24, 2.45) is 0 Å². The molecule has 10 rings (SSSR count). The van der Waals surface area contributed by atoms with E-state index in [1.807, 2.05) is 6.20 Å². The van der Waals surface area contributed by atoms with Gasteiger partial charge in [0.1, 0.15) is 17.3 Å². The number of aromatic hydroxyl groups is 1. The van der Waals surface area contributed by atoms with Gasteiger partial charge in [-0.05, 0) is 131 Å². The van der Waals surface area contributed by atoms with Crippen LogP contribution in [0.3, 0.4) is 0 Å². The van der Waals surface area contributed by atoms with Crippen LogP contribution in [0.25, 0.3) is 76.4 Å². The van der Waals surface area contributed by atoms with E-state index in [1.54, 1.807) is 11.3 Å². The molecule has 0 unspecified atom stereocenters. The van der Waals surface area contributed by atoms with Gasteiger partial charge in [-0.2, -0.15) is 5.10 Å². The molecule has 10 aromatic rings. The van der Waals surface area contributed by atoms with E-state index in [0.717, 1.165) is 82.1 Å². The maximum atomic E-state index is 12.8. The molecule has 79 heavy (non-hydrogen) atoms. The Labute approximate surface area is 474 Å². The maximum absolute atomic E-state index is 12.8. The molecule has 0 saturated heterocycles. The van der Waals surface area contributed by atoms with Crippen molar-refractivity contribution in [3.8, 4) is 72.1 Å². The lowest BCUT2D eigenvalue weighted by Gasteiger charge is -2.30. The van der Waals surface area contributed by atoms with Crippen LogP contribution in [0.1, 0.15) is 132 Å². The third-order valence-corrected chi connectivity index (χ3v) is 16.4. The van der Waals surface area contributed by atoms with Gasteiger partial charge in [-0.25, -0.2) is 4.98 Å². The minimum atomic E-state index is -0.357. The number of hydrogen-bond donors (Lipinski definition) is 1. The summed E-state index contributed by atoms with van der Waals surface area (Å²) < 4.78 is 1.07. The summed E-state index contributed by atoms with van der Waals surface area (Å²) in [7, 11) is 0. The van der Waals surface area contributed by atoms with Crippen LogP contribution in [0.5, 0.6) is 5.75 Å². The Morgan fingerprint density at radius 1 is 0.418 bits per heavy atom. The molecule has 0 aliphatic heterocycles. The number of rotatable bonds is 9. The van der Waals surface area contributed by atoms with Gasteiger partial charge in [0, 0.05) is 38.2 Å². The molecular weight excluding hydrogens is 981 g/mol. The predicted molar refractivity (Wildman–Crippen MR) is 338 cm³/mol. The molecule has 3 aromatic heterocycles. The van der Waals surface area contributed by atoms with Gasteiger partial charge in [0.15, 0.2) is 0 Å². The monoisotopic (exact) mass is 1060 g/mol. The fourth-order valence-electron chi connectivity index (χ4n) is 10.4. The quantitative estimate of drug-likeness (QED) is 0.156. The molecule has 0 amide bonds. The lowest BCUT2D eigenvalue weighted by atomic mass is 9.78. The zero-order chi connectivity index (χ0) is 56.4. The molecule has 5 nitrogen and oxygen atoms in total. The Morgan fingerprint density at radius 3 is 1.57 bits per heavy atom. The van der Waals surface area contributed by atoms with Gasteiger partial charge < -0.3 is 5.11 Å². The van der Waals surface area contributed by atoms with E-state index in [2.05, 4.69) is 285 Å². The summed E-state index contributed by atoms with van der Waals surface area (Å²) in [5.74, 6) is 0.940. The van der Waals surface area contributed by atoms with Crippen LogP contribution < -0.4 is 4.90 Å². The van der Waals surface area contributed by atoms with Crippen LogP contribution in [-0.4, -0.2) is 20.3 Å². The second-order valence-electron chi connectivity index (χ2n) is 26.6. The van der Waals surface area contributed by atoms with Crippen molar-refractivity contribution in [3.05, 3.63) is 210 Å². The number of para-hydroxylation sites is 1. The summed E-state index contributed by atoms with van der Waals surface area (Å²) in [6.07, 6.45) is 1.90. The Bertz CT molecular complexity index is 3820. The molecule has 0 aliphatic carbocycles. The number of phenols is 1. The van der Waals surface area contributed by atoms with E-state index in [9.17, 15) is 5.11 Å². The molecule has 3 heterocycles. The largest absolute Gasteiger partial charge is 0.507 e. The van der Waals surface area contributed by atoms with Gasteiger partial charge in [-0.3, -0.25) is 4.90 Å². The molecule has 0 spiro atoms. The first kappa shape index (κ1) is 54.7. The first-order chi connectivity index (χ1) is 37.2. The van der Waals surface area contributed by atoms with Gasteiger partial charge in [-0.15, -0.1) is 16.4 Å². The van der Waals surface area contributed by atoms with Gasteiger partial charge in [0.25, 0.3) is 0 Å². The number of thiophene rings is 1. The number of aromatic nitrogens is 3. The molecule has 0 saturated carbocycles. The number of pyridine rings is 1. The topological polar surface area (TPSA) is 62.1 Å². The first-order valence-electron chi connectivity index (χ1n) is 27.8. The standard InChI is InChI=1S/C73H76N4OS/c1-69(2,3)53-32-30-48(31-33-53)64-44-60-65(79-64)45-74-76-67(60)52-34-49(46-24-18-16-19-25-46)37-57(38-52)77(63-29-23-22-28-58(63)47-26-20-17-21-27-47)66-40-51(50-35-54(70(4,5)6)41-55(36-50)71(7,8)9)39-62(75-66)59-42-56(72(10,11)12)43-61(68(59)78)73(13,14)15/h16-45,78H,1-15H3. The molecule has 0 fully saturated rings. The summed E-state index contributed by atoms with van der Waals surface area (Å²) in [6.45, 7) is 33.7. The third-order valence-electron chi connectivity index (χ3n) is 15.3. The van der Waals surface area contributed by atoms with Gasteiger partial charge >= 0.3 is 0 Å². The maximum Gasteiger partial charge on any atom is 0.138 e. The zero-order valence-electron chi connectivity index (χ0n) is 49.0. The number of hydrogen-bond acceptors (Lipinski definition) is 6. The highest BCUT2D eigenvalue weighted by Crippen LogP contribution is 2.49. The van der Waals surface area contributed by atoms with Crippen molar-refractivity contribution in [1.29, 1.82) is 0 Å². The Morgan fingerprint density at radius 2 is 0.962 bits per heavy atom.